The van der Waals surface area contributed by atoms with Gasteiger partial charge in [0.25, 0.3) is 0 Å². The van der Waals surface area contributed by atoms with Crippen LogP contribution < -0.4 is 5.32 Å². The second-order valence-corrected chi connectivity index (χ2v) is 3.23. The molecular weight excluding hydrogens is 184 g/mol. The first-order chi connectivity index (χ1) is 6.83. The van der Waals surface area contributed by atoms with E-state index in [0.29, 0.717) is 19.7 Å². The van der Waals surface area contributed by atoms with Crippen LogP contribution in [0.25, 0.3) is 0 Å². The lowest BCUT2D eigenvalue weighted by molar-refractivity contribution is -0.123. The monoisotopic (exact) mass is 202 g/mol. The van der Waals surface area contributed by atoms with E-state index < -0.39 is 0 Å². The molecule has 0 bridgehead atoms. The van der Waals surface area contributed by atoms with Crippen LogP contribution in [0.5, 0.6) is 0 Å². The molecule has 0 aliphatic carbocycles. The number of morpholine rings is 1. The van der Waals surface area contributed by atoms with Crippen LogP contribution in [0.15, 0.2) is 0 Å². The SMILES string of the molecule is COCCNC(=O)CN1CCOCC1. The van der Waals surface area contributed by atoms with Crippen molar-refractivity contribution in [2.24, 2.45) is 0 Å². The molecule has 1 N–H and O–H groups in total. The van der Waals surface area contributed by atoms with E-state index >= 15 is 0 Å². The molecule has 0 atom stereocenters. The second kappa shape index (κ2) is 6.75. The summed E-state index contributed by atoms with van der Waals surface area (Å²) < 4.78 is 10.0. The van der Waals surface area contributed by atoms with Crippen molar-refractivity contribution in [3.05, 3.63) is 0 Å². The number of hydrogen-bond donors (Lipinski definition) is 1. The van der Waals surface area contributed by atoms with Gasteiger partial charge in [0.15, 0.2) is 0 Å². The molecule has 0 aromatic rings. The van der Waals surface area contributed by atoms with Crippen molar-refractivity contribution in [3.8, 4) is 0 Å². The molecule has 5 heteroatoms. The minimum atomic E-state index is 0.0592. The fraction of sp³-hybridized carbons (Fsp3) is 0.889. The Balaban J connectivity index is 2.06. The Labute approximate surface area is 84.4 Å². The first-order valence-electron chi connectivity index (χ1n) is 4.88. The lowest BCUT2D eigenvalue weighted by Crippen LogP contribution is -2.43. The van der Waals surface area contributed by atoms with Crippen LogP contribution in [0.4, 0.5) is 0 Å². The Morgan fingerprint density at radius 1 is 1.50 bits per heavy atom. The molecule has 1 aliphatic rings. The summed E-state index contributed by atoms with van der Waals surface area (Å²) in [7, 11) is 1.62. The maximum absolute atomic E-state index is 11.3. The van der Waals surface area contributed by atoms with Gasteiger partial charge in [0, 0.05) is 26.7 Å². The molecule has 1 fully saturated rings. The molecule has 0 saturated carbocycles. The summed E-state index contributed by atoms with van der Waals surface area (Å²) >= 11 is 0. The van der Waals surface area contributed by atoms with Crippen LogP contribution in [0.1, 0.15) is 0 Å². The van der Waals surface area contributed by atoms with Crippen LogP contribution >= 0.6 is 0 Å². The van der Waals surface area contributed by atoms with Gasteiger partial charge >= 0.3 is 0 Å². The number of carbonyl (C=O) groups is 1. The molecule has 0 aromatic heterocycles. The maximum Gasteiger partial charge on any atom is 0.234 e. The molecule has 1 rings (SSSR count). The molecule has 82 valence electrons. The Kier molecular flexibility index (Phi) is 5.51. The van der Waals surface area contributed by atoms with Crippen molar-refractivity contribution in [2.45, 2.75) is 0 Å². The van der Waals surface area contributed by atoms with E-state index in [-0.39, 0.29) is 5.91 Å². The van der Waals surface area contributed by atoms with E-state index in [0.717, 1.165) is 26.3 Å². The zero-order chi connectivity index (χ0) is 10.2. The summed E-state index contributed by atoms with van der Waals surface area (Å²) in [5.74, 6) is 0.0592. The Morgan fingerprint density at radius 2 is 2.21 bits per heavy atom. The van der Waals surface area contributed by atoms with Gasteiger partial charge in [-0.15, -0.1) is 0 Å². The molecular formula is C9H18N2O3. The number of amides is 1. The van der Waals surface area contributed by atoms with Gasteiger partial charge in [-0.1, -0.05) is 0 Å². The van der Waals surface area contributed by atoms with Crippen molar-refractivity contribution in [1.82, 2.24) is 10.2 Å². The smallest absolute Gasteiger partial charge is 0.234 e. The van der Waals surface area contributed by atoms with Crippen molar-refractivity contribution in [1.29, 1.82) is 0 Å². The summed E-state index contributed by atoms with van der Waals surface area (Å²) in [5.41, 5.74) is 0. The fourth-order valence-electron chi connectivity index (χ4n) is 1.31. The second-order valence-electron chi connectivity index (χ2n) is 3.23. The van der Waals surface area contributed by atoms with E-state index in [2.05, 4.69) is 10.2 Å². The third-order valence-electron chi connectivity index (χ3n) is 2.10. The number of rotatable bonds is 5. The molecule has 1 amide bonds. The first kappa shape index (κ1) is 11.4. The van der Waals surface area contributed by atoms with E-state index in [9.17, 15) is 4.79 Å². The molecule has 0 unspecified atom stereocenters. The quantitative estimate of drug-likeness (QED) is 0.586. The minimum absolute atomic E-state index is 0.0592. The third-order valence-corrected chi connectivity index (χ3v) is 2.10. The fourth-order valence-corrected chi connectivity index (χ4v) is 1.31. The van der Waals surface area contributed by atoms with E-state index in [1.807, 2.05) is 0 Å². The zero-order valence-corrected chi connectivity index (χ0v) is 8.62. The van der Waals surface area contributed by atoms with Gasteiger partial charge in [-0.2, -0.15) is 0 Å². The number of ether oxygens (including phenoxy) is 2. The molecule has 14 heavy (non-hydrogen) atoms. The highest BCUT2D eigenvalue weighted by Gasteiger charge is 2.13. The molecule has 0 radical (unpaired) electrons. The standard InChI is InChI=1S/C9H18N2O3/c1-13-5-2-10-9(12)8-11-3-6-14-7-4-11/h2-8H2,1H3,(H,10,12). The Bertz CT molecular complexity index is 169. The van der Waals surface area contributed by atoms with Gasteiger partial charge in [-0.25, -0.2) is 0 Å². The van der Waals surface area contributed by atoms with E-state index in [4.69, 9.17) is 9.47 Å². The van der Waals surface area contributed by atoms with Gasteiger partial charge < -0.3 is 14.8 Å². The molecule has 5 nitrogen and oxygen atoms in total. The van der Waals surface area contributed by atoms with E-state index in [1.54, 1.807) is 7.11 Å². The van der Waals surface area contributed by atoms with Crippen molar-refractivity contribution in [3.63, 3.8) is 0 Å². The van der Waals surface area contributed by atoms with Gasteiger partial charge in [0.05, 0.1) is 26.4 Å². The van der Waals surface area contributed by atoms with Crippen LogP contribution in [0, 0.1) is 0 Å². The summed E-state index contributed by atoms with van der Waals surface area (Å²) in [6, 6.07) is 0. The van der Waals surface area contributed by atoms with Gasteiger partial charge in [0.2, 0.25) is 5.91 Å². The predicted octanol–water partition coefficient (Wildman–Crippen LogP) is -0.919. The number of nitrogens with one attached hydrogen (secondary N) is 1. The van der Waals surface area contributed by atoms with Crippen molar-refractivity contribution in [2.75, 3.05) is 53.1 Å². The van der Waals surface area contributed by atoms with Gasteiger partial charge in [-0.05, 0) is 0 Å². The molecule has 1 aliphatic heterocycles. The van der Waals surface area contributed by atoms with Crippen LogP contribution in [0.3, 0.4) is 0 Å². The van der Waals surface area contributed by atoms with Gasteiger partial charge in [0.1, 0.15) is 0 Å². The van der Waals surface area contributed by atoms with Crippen molar-refractivity contribution >= 4 is 5.91 Å². The number of hydrogen-bond acceptors (Lipinski definition) is 4. The maximum atomic E-state index is 11.3. The Hall–Kier alpha value is -0.650. The summed E-state index contributed by atoms with van der Waals surface area (Å²) in [6.07, 6.45) is 0. The first-order valence-corrected chi connectivity index (χ1v) is 4.88. The van der Waals surface area contributed by atoms with Crippen LogP contribution in [-0.4, -0.2) is 63.9 Å². The van der Waals surface area contributed by atoms with Crippen LogP contribution in [0.2, 0.25) is 0 Å². The predicted molar refractivity (Wildman–Crippen MR) is 52.1 cm³/mol. The molecule has 0 spiro atoms. The molecule has 0 aromatic carbocycles. The highest BCUT2D eigenvalue weighted by molar-refractivity contribution is 5.77. The average Bonchev–Trinajstić information content (AvgIpc) is 2.20. The van der Waals surface area contributed by atoms with Crippen molar-refractivity contribution < 1.29 is 14.3 Å². The summed E-state index contributed by atoms with van der Waals surface area (Å²) in [6.45, 7) is 4.76. The lowest BCUT2D eigenvalue weighted by atomic mass is 10.4. The number of carbonyl (C=O) groups excluding carboxylic acids is 1. The number of nitrogens with zero attached hydrogens (tertiary/aromatic N) is 1. The summed E-state index contributed by atoms with van der Waals surface area (Å²) in [4.78, 5) is 13.4. The summed E-state index contributed by atoms with van der Waals surface area (Å²) in [5, 5.41) is 2.78. The zero-order valence-electron chi connectivity index (χ0n) is 8.62. The van der Waals surface area contributed by atoms with Crippen LogP contribution in [-0.2, 0) is 14.3 Å². The lowest BCUT2D eigenvalue weighted by Gasteiger charge is -2.25. The largest absolute Gasteiger partial charge is 0.383 e. The Morgan fingerprint density at radius 3 is 2.86 bits per heavy atom. The highest BCUT2D eigenvalue weighted by Crippen LogP contribution is 1.95. The van der Waals surface area contributed by atoms with Gasteiger partial charge in [-0.3, -0.25) is 9.69 Å². The topological polar surface area (TPSA) is 50.8 Å². The molecule has 1 heterocycles. The normalized spacial score (nSPS) is 18.1. The minimum Gasteiger partial charge on any atom is -0.383 e. The highest BCUT2D eigenvalue weighted by atomic mass is 16.5. The van der Waals surface area contributed by atoms with E-state index in [1.165, 1.54) is 0 Å². The molecule has 1 saturated heterocycles. The third kappa shape index (κ3) is 4.55. The average molecular weight is 202 g/mol. The number of methoxy groups -OCH3 is 1.